The molecule has 4 heterocycles. The molecule has 4 rings (SSSR count). The minimum absolute atomic E-state index is 0.0454. The molecular formula is C16H23FN4O. The van der Waals surface area contributed by atoms with Crippen LogP contribution in [-0.2, 0) is 4.74 Å². The molecule has 22 heavy (non-hydrogen) atoms. The van der Waals surface area contributed by atoms with E-state index in [4.69, 9.17) is 4.74 Å². The number of piperidine rings is 1. The van der Waals surface area contributed by atoms with Gasteiger partial charge in [0.1, 0.15) is 0 Å². The van der Waals surface area contributed by atoms with Crippen LogP contribution in [0.1, 0.15) is 32.1 Å². The Morgan fingerprint density at radius 3 is 2.45 bits per heavy atom. The summed E-state index contributed by atoms with van der Waals surface area (Å²) in [5.41, 5.74) is 0.0454. The topological polar surface area (TPSA) is 41.5 Å². The van der Waals surface area contributed by atoms with E-state index in [9.17, 15) is 4.39 Å². The molecule has 120 valence electrons. The van der Waals surface area contributed by atoms with E-state index in [1.165, 1.54) is 38.3 Å². The lowest BCUT2D eigenvalue weighted by molar-refractivity contribution is -0.0159. The summed E-state index contributed by atoms with van der Waals surface area (Å²) in [6.45, 7) is 5.13. The van der Waals surface area contributed by atoms with Gasteiger partial charge in [0.05, 0.1) is 24.6 Å². The molecule has 0 amide bonds. The second-order valence-corrected chi connectivity index (χ2v) is 6.78. The Kier molecular flexibility index (Phi) is 3.74. The number of ether oxygens (including phenoxy) is 1. The van der Waals surface area contributed by atoms with E-state index < -0.39 is 0 Å². The highest BCUT2D eigenvalue weighted by Gasteiger charge is 2.44. The van der Waals surface area contributed by atoms with Crippen molar-refractivity contribution in [2.24, 2.45) is 0 Å². The zero-order valence-corrected chi connectivity index (χ0v) is 12.9. The largest absolute Gasteiger partial charge is 0.373 e. The Labute approximate surface area is 130 Å². The quantitative estimate of drug-likeness (QED) is 0.834. The average Bonchev–Trinajstić information content (AvgIpc) is 3.19. The Bertz CT molecular complexity index is 509. The number of hydrogen-bond acceptors (Lipinski definition) is 5. The van der Waals surface area contributed by atoms with Gasteiger partial charge in [0, 0.05) is 19.1 Å². The van der Waals surface area contributed by atoms with Gasteiger partial charge in [0.15, 0.2) is 5.82 Å². The molecule has 0 aliphatic carbocycles. The Morgan fingerprint density at radius 1 is 1.09 bits per heavy atom. The van der Waals surface area contributed by atoms with Crippen molar-refractivity contribution in [2.45, 2.75) is 43.7 Å². The van der Waals surface area contributed by atoms with Crippen LogP contribution in [-0.4, -0.2) is 59.3 Å². The van der Waals surface area contributed by atoms with E-state index in [0.717, 1.165) is 39.0 Å². The summed E-state index contributed by atoms with van der Waals surface area (Å²) in [6, 6.07) is 0.608. The van der Waals surface area contributed by atoms with Gasteiger partial charge in [-0.05, 0) is 45.2 Å². The van der Waals surface area contributed by atoms with Crippen LogP contribution in [0.15, 0.2) is 12.4 Å². The van der Waals surface area contributed by atoms with Crippen LogP contribution < -0.4 is 4.90 Å². The van der Waals surface area contributed by atoms with Gasteiger partial charge in [-0.1, -0.05) is 0 Å². The van der Waals surface area contributed by atoms with Gasteiger partial charge < -0.3 is 9.64 Å². The molecule has 6 heteroatoms. The smallest absolute Gasteiger partial charge is 0.225 e. The van der Waals surface area contributed by atoms with E-state index >= 15 is 0 Å². The molecule has 3 fully saturated rings. The number of aromatic nitrogens is 2. The van der Waals surface area contributed by atoms with Crippen LogP contribution >= 0.6 is 0 Å². The lowest BCUT2D eigenvalue weighted by atomic mass is 9.87. The molecule has 0 radical (unpaired) electrons. The van der Waals surface area contributed by atoms with Gasteiger partial charge in [-0.15, -0.1) is 0 Å². The molecular weight excluding hydrogens is 283 g/mol. The van der Waals surface area contributed by atoms with Crippen molar-refractivity contribution in [3.05, 3.63) is 18.2 Å². The third-order valence-electron chi connectivity index (χ3n) is 5.41. The molecule has 3 aliphatic heterocycles. The van der Waals surface area contributed by atoms with Crippen LogP contribution in [0.25, 0.3) is 0 Å². The van der Waals surface area contributed by atoms with Crippen molar-refractivity contribution in [1.29, 1.82) is 0 Å². The Hall–Kier alpha value is -1.27. The molecule has 1 spiro atoms. The predicted octanol–water partition coefficient (Wildman–Crippen LogP) is 1.84. The fourth-order valence-corrected chi connectivity index (χ4v) is 4.09. The van der Waals surface area contributed by atoms with Gasteiger partial charge in [0.25, 0.3) is 0 Å². The van der Waals surface area contributed by atoms with Crippen molar-refractivity contribution in [2.75, 3.05) is 37.7 Å². The molecule has 3 saturated heterocycles. The highest BCUT2D eigenvalue weighted by atomic mass is 19.1. The number of nitrogens with zero attached hydrogens (tertiary/aromatic N) is 4. The summed E-state index contributed by atoms with van der Waals surface area (Å²) >= 11 is 0. The summed E-state index contributed by atoms with van der Waals surface area (Å²) in [6.07, 6.45) is 8.32. The first-order valence-corrected chi connectivity index (χ1v) is 8.35. The second-order valence-electron chi connectivity index (χ2n) is 6.78. The maximum Gasteiger partial charge on any atom is 0.225 e. The van der Waals surface area contributed by atoms with Crippen LogP contribution in [0.2, 0.25) is 0 Å². The average molecular weight is 306 g/mol. The maximum atomic E-state index is 12.9. The molecule has 1 aromatic rings. The number of hydrogen-bond donors (Lipinski definition) is 0. The van der Waals surface area contributed by atoms with Crippen LogP contribution in [0.3, 0.4) is 0 Å². The van der Waals surface area contributed by atoms with Gasteiger partial charge in [-0.2, -0.15) is 0 Å². The lowest BCUT2D eigenvalue weighted by Gasteiger charge is -2.38. The minimum atomic E-state index is -0.384. The molecule has 0 N–H and O–H groups in total. The summed E-state index contributed by atoms with van der Waals surface area (Å²) in [5, 5.41) is 0. The minimum Gasteiger partial charge on any atom is -0.373 e. The van der Waals surface area contributed by atoms with Crippen molar-refractivity contribution in [3.63, 3.8) is 0 Å². The second kappa shape index (κ2) is 5.74. The molecule has 0 unspecified atom stereocenters. The third kappa shape index (κ3) is 2.70. The highest BCUT2D eigenvalue weighted by Crippen LogP contribution is 2.38. The van der Waals surface area contributed by atoms with Crippen LogP contribution in [0, 0.1) is 5.82 Å². The van der Waals surface area contributed by atoms with E-state index in [0.29, 0.717) is 12.0 Å². The maximum absolute atomic E-state index is 12.9. The first kappa shape index (κ1) is 14.3. The molecule has 0 aromatic carbocycles. The third-order valence-corrected chi connectivity index (χ3v) is 5.41. The van der Waals surface area contributed by atoms with E-state index in [2.05, 4.69) is 19.8 Å². The molecule has 3 aliphatic rings. The first-order valence-electron chi connectivity index (χ1n) is 8.35. The van der Waals surface area contributed by atoms with Gasteiger partial charge >= 0.3 is 0 Å². The summed E-state index contributed by atoms with van der Waals surface area (Å²) in [5.74, 6) is 0.246. The van der Waals surface area contributed by atoms with Gasteiger partial charge in [-0.3, -0.25) is 4.90 Å². The molecule has 1 aromatic heterocycles. The van der Waals surface area contributed by atoms with Crippen molar-refractivity contribution in [3.8, 4) is 0 Å². The van der Waals surface area contributed by atoms with E-state index in [1.807, 2.05) is 0 Å². The summed E-state index contributed by atoms with van der Waals surface area (Å²) in [7, 11) is 0. The fraction of sp³-hybridized carbons (Fsp3) is 0.750. The van der Waals surface area contributed by atoms with Gasteiger partial charge in [-0.25, -0.2) is 14.4 Å². The standard InChI is InChI=1S/C16H23FN4O/c17-13-10-18-15(19-11-13)21-7-3-16(4-8-21)9-14(12-22-16)20-5-1-2-6-20/h10-11,14H,1-9,12H2/t14-/m1/s1. The van der Waals surface area contributed by atoms with E-state index in [-0.39, 0.29) is 11.4 Å². The molecule has 0 bridgehead atoms. The lowest BCUT2D eigenvalue weighted by Crippen LogP contribution is -2.45. The Morgan fingerprint density at radius 2 is 1.77 bits per heavy atom. The fourth-order valence-electron chi connectivity index (χ4n) is 4.09. The SMILES string of the molecule is Fc1cnc(N2CCC3(CC2)C[C@@H](N2CCCC2)CO3)nc1. The zero-order chi connectivity index (χ0) is 15.0. The molecule has 1 atom stereocenters. The van der Waals surface area contributed by atoms with Crippen LogP contribution in [0.5, 0.6) is 0 Å². The molecule has 5 nitrogen and oxygen atoms in total. The van der Waals surface area contributed by atoms with E-state index in [1.54, 1.807) is 0 Å². The summed E-state index contributed by atoms with van der Waals surface area (Å²) in [4.78, 5) is 12.9. The highest BCUT2D eigenvalue weighted by molar-refractivity contribution is 5.30. The summed E-state index contributed by atoms with van der Waals surface area (Å²) < 4.78 is 19.2. The van der Waals surface area contributed by atoms with Crippen LogP contribution in [0.4, 0.5) is 10.3 Å². The number of rotatable bonds is 2. The number of likely N-dealkylation sites (tertiary alicyclic amines) is 1. The van der Waals surface area contributed by atoms with Crippen molar-refractivity contribution >= 4 is 5.95 Å². The number of halogens is 1. The van der Waals surface area contributed by atoms with Crippen molar-refractivity contribution < 1.29 is 9.13 Å². The molecule has 0 saturated carbocycles. The Balaban J connectivity index is 1.36. The van der Waals surface area contributed by atoms with Crippen molar-refractivity contribution in [1.82, 2.24) is 14.9 Å². The first-order chi connectivity index (χ1) is 10.7. The normalized spacial score (nSPS) is 28.6. The predicted molar refractivity (Wildman–Crippen MR) is 81.3 cm³/mol. The van der Waals surface area contributed by atoms with Gasteiger partial charge in [0.2, 0.25) is 5.95 Å². The monoisotopic (exact) mass is 306 g/mol. The number of anilines is 1. The zero-order valence-electron chi connectivity index (χ0n) is 12.9.